The van der Waals surface area contributed by atoms with E-state index in [2.05, 4.69) is 4.99 Å². The van der Waals surface area contributed by atoms with Gasteiger partial charge in [-0.3, -0.25) is 9.36 Å². The molecule has 1 aromatic heterocycles. The number of fused-ring (bicyclic) bond motifs is 2. The first-order valence-electron chi connectivity index (χ1n) is 15.1. The number of thiazole rings is 1. The molecule has 0 saturated carbocycles. The van der Waals surface area contributed by atoms with Crippen molar-refractivity contribution in [1.29, 1.82) is 0 Å². The predicted molar refractivity (Wildman–Crippen MR) is 183 cm³/mol. The topological polar surface area (TPSA) is 96.2 Å². The van der Waals surface area contributed by atoms with E-state index >= 15 is 0 Å². The zero-order valence-electron chi connectivity index (χ0n) is 26.0. The molecule has 8 nitrogen and oxygen atoms in total. The molecule has 6 rings (SSSR count). The van der Waals surface area contributed by atoms with Gasteiger partial charge in [0, 0.05) is 10.6 Å². The lowest BCUT2D eigenvalue weighted by molar-refractivity contribution is -0.139. The van der Waals surface area contributed by atoms with E-state index < -0.39 is 12.0 Å². The van der Waals surface area contributed by atoms with Gasteiger partial charge in [0.15, 0.2) is 4.80 Å². The smallest absolute Gasteiger partial charge is 0.338 e. The molecule has 1 aliphatic rings. The van der Waals surface area contributed by atoms with Crippen LogP contribution in [0.5, 0.6) is 5.75 Å². The van der Waals surface area contributed by atoms with Crippen molar-refractivity contribution in [3.05, 3.63) is 143 Å². The number of benzene rings is 4. The third kappa shape index (κ3) is 6.37. The van der Waals surface area contributed by atoms with Gasteiger partial charge in [-0.1, -0.05) is 83.6 Å². The lowest BCUT2D eigenvalue weighted by Gasteiger charge is -2.25. The van der Waals surface area contributed by atoms with Gasteiger partial charge < -0.3 is 14.2 Å². The van der Waals surface area contributed by atoms with Gasteiger partial charge in [0.25, 0.3) is 5.56 Å². The van der Waals surface area contributed by atoms with Crippen LogP contribution in [0.3, 0.4) is 0 Å². The Kier molecular flexibility index (Phi) is 9.38. The van der Waals surface area contributed by atoms with E-state index in [1.54, 1.807) is 51.1 Å². The van der Waals surface area contributed by atoms with Crippen LogP contribution in [0.1, 0.15) is 53.9 Å². The number of ether oxygens (including phenoxy) is 3. The Bertz CT molecular complexity index is 2220. The maximum atomic E-state index is 14.3. The Hall–Kier alpha value is -4.99. The molecule has 238 valence electrons. The number of carbonyl (C=O) groups excluding carboxylic acids is 2. The number of hydrogen-bond acceptors (Lipinski definition) is 8. The second-order valence-corrected chi connectivity index (χ2v) is 12.1. The summed E-state index contributed by atoms with van der Waals surface area (Å²) in [6.45, 7) is 5.95. The molecule has 1 aliphatic heterocycles. The maximum absolute atomic E-state index is 14.3. The van der Waals surface area contributed by atoms with E-state index in [0.717, 1.165) is 21.9 Å². The van der Waals surface area contributed by atoms with Crippen molar-refractivity contribution in [3.63, 3.8) is 0 Å². The highest BCUT2D eigenvalue weighted by Gasteiger charge is 2.34. The molecule has 4 aromatic carbocycles. The minimum atomic E-state index is -0.818. The van der Waals surface area contributed by atoms with Crippen LogP contribution >= 0.6 is 22.9 Å². The summed E-state index contributed by atoms with van der Waals surface area (Å²) in [6, 6.07) is 25.1. The van der Waals surface area contributed by atoms with Gasteiger partial charge in [-0.15, -0.1) is 0 Å². The van der Waals surface area contributed by atoms with Gasteiger partial charge in [0.05, 0.1) is 34.6 Å². The molecule has 0 amide bonds. The summed E-state index contributed by atoms with van der Waals surface area (Å²) in [5, 5.41) is 2.30. The van der Waals surface area contributed by atoms with Crippen LogP contribution in [-0.2, 0) is 20.9 Å². The fraction of sp³-hybridized carbons (Fsp3) is 0.189. The number of rotatable bonds is 9. The number of halogens is 1. The Morgan fingerprint density at radius 1 is 0.915 bits per heavy atom. The molecule has 10 heteroatoms. The minimum Gasteiger partial charge on any atom is -0.488 e. The van der Waals surface area contributed by atoms with E-state index in [-0.39, 0.29) is 30.3 Å². The second kappa shape index (κ2) is 13.8. The van der Waals surface area contributed by atoms with Crippen LogP contribution in [0.15, 0.2) is 106 Å². The molecule has 2 heterocycles. The van der Waals surface area contributed by atoms with Crippen LogP contribution < -0.4 is 19.6 Å². The van der Waals surface area contributed by atoms with Gasteiger partial charge >= 0.3 is 11.9 Å². The summed E-state index contributed by atoms with van der Waals surface area (Å²) < 4.78 is 18.7. The van der Waals surface area contributed by atoms with Gasteiger partial charge in [0.2, 0.25) is 0 Å². The number of esters is 2. The highest BCUT2D eigenvalue weighted by atomic mass is 35.5. The zero-order valence-corrected chi connectivity index (χ0v) is 27.6. The fourth-order valence-corrected chi connectivity index (χ4v) is 6.84. The van der Waals surface area contributed by atoms with Crippen molar-refractivity contribution in [2.45, 2.75) is 33.4 Å². The van der Waals surface area contributed by atoms with Gasteiger partial charge in [0.1, 0.15) is 18.4 Å². The monoisotopic (exact) mass is 666 g/mol. The summed E-state index contributed by atoms with van der Waals surface area (Å²) in [5.74, 6) is -0.345. The van der Waals surface area contributed by atoms with Crippen molar-refractivity contribution >= 4 is 51.7 Å². The van der Waals surface area contributed by atoms with E-state index in [4.69, 9.17) is 25.8 Å². The Balaban J connectivity index is 1.46. The summed E-state index contributed by atoms with van der Waals surface area (Å²) in [7, 11) is 0. The van der Waals surface area contributed by atoms with E-state index in [0.29, 0.717) is 43.5 Å². The van der Waals surface area contributed by atoms with E-state index in [1.807, 2.05) is 60.7 Å². The van der Waals surface area contributed by atoms with Crippen molar-refractivity contribution in [1.82, 2.24) is 4.57 Å². The quantitative estimate of drug-likeness (QED) is 0.170. The Labute approximate surface area is 279 Å². The fourth-order valence-electron chi connectivity index (χ4n) is 5.58. The third-order valence-corrected chi connectivity index (χ3v) is 9.11. The molecule has 0 spiro atoms. The van der Waals surface area contributed by atoms with Crippen LogP contribution in [0, 0.1) is 0 Å². The first kappa shape index (κ1) is 32.0. The Morgan fingerprint density at radius 3 is 2.36 bits per heavy atom. The van der Waals surface area contributed by atoms with Crippen molar-refractivity contribution in [3.8, 4) is 5.75 Å². The number of carbonyl (C=O) groups is 2. The summed E-state index contributed by atoms with van der Waals surface area (Å²) in [5.41, 5.74) is 3.06. The summed E-state index contributed by atoms with van der Waals surface area (Å²) in [6.07, 6.45) is 1.82. The first-order chi connectivity index (χ1) is 22.8. The molecular formula is C37H31ClN2O6S. The largest absolute Gasteiger partial charge is 0.488 e. The number of nitrogens with zero attached hydrogens (tertiary/aromatic N) is 2. The highest BCUT2D eigenvalue weighted by Crippen LogP contribution is 2.35. The number of hydrogen-bond donors (Lipinski definition) is 0. The molecule has 0 unspecified atom stereocenters. The number of aromatic nitrogens is 1. The second-order valence-electron chi connectivity index (χ2n) is 10.7. The molecule has 0 fully saturated rings. The molecular weight excluding hydrogens is 636 g/mol. The van der Waals surface area contributed by atoms with Crippen LogP contribution in [0.4, 0.5) is 0 Å². The maximum Gasteiger partial charge on any atom is 0.338 e. The zero-order chi connectivity index (χ0) is 33.1. The lowest BCUT2D eigenvalue weighted by Crippen LogP contribution is -2.40. The minimum absolute atomic E-state index is 0.175. The third-order valence-electron chi connectivity index (χ3n) is 7.78. The van der Waals surface area contributed by atoms with Crippen molar-refractivity contribution in [2.75, 3.05) is 13.2 Å². The van der Waals surface area contributed by atoms with E-state index in [1.165, 1.54) is 15.9 Å². The average Bonchev–Trinajstić information content (AvgIpc) is 3.38. The predicted octanol–water partition coefficient (Wildman–Crippen LogP) is 6.36. The summed E-state index contributed by atoms with van der Waals surface area (Å²) >= 11 is 7.88. The van der Waals surface area contributed by atoms with Crippen LogP contribution in [0.25, 0.3) is 16.8 Å². The van der Waals surface area contributed by atoms with Crippen molar-refractivity contribution < 1.29 is 23.8 Å². The van der Waals surface area contributed by atoms with Gasteiger partial charge in [-0.05, 0) is 73.0 Å². The normalized spacial score (nSPS) is 14.5. The summed E-state index contributed by atoms with van der Waals surface area (Å²) in [4.78, 5) is 44.7. The SMILES string of the molecule is CCOC(=O)C1=C(C)N=c2s/c(=C\c3c(OCc4ccc(C(=O)OCC)cc4)ccc4ccccc34)c(=O)n2[C@@H]1c1ccccc1Cl. The molecule has 47 heavy (non-hydrogen) atoms. The standard InChI is InChI=1S/C37H31ClN2O6S/c1-4-44-35(42)25-16-14-23(15-17-25)21-46-30-19-18-24-10-6-7-11-26(24)28(30)20-31-34(41)40-33(27-12-8-9-13-29(27)38)32(36(43)45-5-2)22(3)39-37(40)47-31/h6-20,33H,4-5,21H2,1-3H3/b31-20-/t33-/m1/s1. The van der Waals surface area contributed by atoms with E-state index in [9.17, 15) is 14.4 Å². The molecule has 1 atom stereocenters. The lowest BCUT2D eigenvalue weighted by atomic mass is 9.96. The van der Waals surface area contributed by atoms with Gasteiger partial charge in [-0.25, -0.2) is 14.6 Å². The molecule has 5 aromatic rings. The molecule has 0 aliphatic carbocycles. The molecule has 0 bridgehead atoms. The van der Waals surface area contributed by atoms with Crippen molar-refractivity contribution in [2.24, 2.45) is 4.99 Å². The Morgan fingerprint density at radius 2 is 1.62 bits per heavy atom. The first-order valence-corrected chi connectivity index (χ1v) is 16.3. The number of allylic oxidation sites excluding steroid dienone is 1. The molecule has 0 N–H and O–H groups in total. The van der Waals surface area contributed by atoms with Crippen LogP contribution in [-0.4, -0.2) is 29.7 Å². The molecule has 0 saturated heterocycles. The molecule has 0 radical (unpaired) electrons. The van der Waals surface area contributed by atoms with Gasteiger partial charge in [-0.2, -0.15) is 0 Å². The average molecular weight is 667 g/mol. The van der Waals surface area contributed by atoms with Crippen LogP contribution in [0.2, 0.25) is 5.02 Å². The highest BCUT2D eigenvalue weighted by molar-refractivity contribution is 7.07.